The third kappa shape index (κ3) is 1.58. The number of allylic oxidation sites excluding steroid dienone is 4. The summed E-state index contributed by atoms with van der Waals surface area (Å²) in [5.74, 6) is 1.81. The minimum absolute atomic E-state index is 0.534. The van der Waals surface area contributed by atoms with Crippen LogP contribution in [-0.4, -0.2) is 0 Å². The molecule has 0 heterocycles. The molecule has 4 atom stereocenters. The van der Waals surface area contributed by atoms with Gasteiger partial charge in [-0.15, -0.1) is 0 Å². The van der Waals surface area contributed by atoms with Crippen LogP contribution in [0.2, 0.25) is 0 Å². The van der Waals surface area contributed by atoms with Crippen LogP contribution in [0, 0.1) is 22.7 Å². The van der Waals surface area contributed by atoms with E-state index in [0.29, 0.717) is 10.8 Å². The minimum atomic E-state index is 0.534. The van der Waals surface area contributed by atoms with E-state index in [4.69, 9.17) is 0 Å². The van der Waals surface area contributed by atoms with E-state index in [0.717, 1.165) is 11.8 Å². The van der Waals surface area contributed by atoms with Crippen LogP contribution in [-0.2, 0) is 0 Å². The quantitative estimate of drug-likeness (QED) is 0.525. The summed E-state index contributed by atoms with van der Waals surface area (Å²) >= 11 is 0. The molecule has 0 aliphatic heterocycles. The van der Waals surface area contributed by atoms with Crippen LogP contribution in [0.15, 0.2) is 23.3 Å². The second-order valence-electron chi connectivity index (χ2n) is 8.17. The van der Waals surface area contributed by atoms with Gasteiger partial charge in [-0.25, -0.2) is 0 Å². The second kappa shape index (κ2) is 3.99. The zero-order chi connectivity index (χ0) is 13.1. The van der Waals surface area contributed by atoms with E-state index in [2.05, 4.69) is 26.0 Å². The molecule has 0 aromatic heterocycles. The number of hydrogen-bond donors (Lipinski definition) is 0. The van der Waals surface area contributed by atoms with Gasteiger partial charge in [0.2, 0.25) is 0 Å². The highest BCUT2D eigenvalue weighted by Crippen LogP contribution is 2.63. The molecule has 0 unspecified atom stereocenters. The van der Waals surface area contributed by atoms with Gasteiger partial charge >= 0.3 is 0 Å². The van der Waals surface area contributed by atoms with Gasteiger partial charge in [0.15, 0.2) is 0 Å². The topological polar surface area (TPSA) is 0 Å². The van der Waals surface area contributed by atoms with Gasteiger partial charge in [0, 0.05) is 0 Å². The van der Waals surface area contributed by atoms with Crippen molar-refractivity contribution < 1.29 is 0 Å². The summed E-state index contributed by atoms with van der Waals surface area (Å²) < 4.78 is 0. The maximum Gasteiger partial charge on any atom is -0.00476 e. The van der Waals surface area contributed by atoms with Gasteiger partial charge in [-0.05, 0) is 67.6 Å². The summed E-state index contributed by atoms with van der Waals surface area (Å²) in [5.41, 5.74) is 4.83. The molecule has 0 heteroatoms. The molecule has 4 aliphatic carbocycles. The second-order valence-corrected chi connectivity index (χ2v) is 8.17. The van der Waals surface area contributed by atoms with Crippen LogP contribution in [0.25, 0.3) is 0 Å². The highest BCUT2D eigenvalue weighted by molar-refractivity contribution is 5.38. The number of rotatable bonds is 0. The molecular formula is C19H28. The lowest BCUT2D eigenvalue weighted by Gasteiger charge is -2.53. The SMILES string of the molecule is C[C@@]12CCC[C@H]1C1=CC=C3CCCC[C@]3(C)[C@@H]1CC2. The van der Waals surface area contributed by atoms with E-state index in [-0.39, 0.29) is 0 Å². The van der Waals surface area contributed by atoms with Gasteiger partial charge in [0.25, 0.3) is 0 Å². The van der Waals surface area contributed by atoms with Crippen molar-refractivity contribution in [3.63, 3.8) is 0 Å². The molecule has 104 valence electrons. The maximum absolute atomic E-state index is 2.59. The molecule has 0 nitrogen and oxygen atoms in total. The summed E-state index contributed by atoms with van der Waals surface area (Å²) in [4.78, 5) is 0. The zero-order valence-corrected chi connectivity index (χ0v) is 12.7. The van der Waals surface area contributed by atoms with Crippen molar-refractivity contribution in [3.05, 3.63) is 23.3 Å². The first-order valence-corrected chi connectivity index (χ1v) is 8.55. The molecule has 0 N–H and O–H groups in total. The van der Waals surface area contributed by atoms with Gasteiger partial charge in [-0.2, -0.15) is 0 Å². The smallest absolute Gasteiger partial charge is 0.00476 e. The van der Waals surface area contributed by atoms with Crippen molar-refractivity contribution in [2.45, 2.75) is 71.6 Å². The van der Waals surface area contributed by atoms with Gasteiger partial charge < -0.3 is 0 Å². The van der Waals surface area contributed by atoms with E-state index < -0.39 is 0 Å². The summed E-state index contributed by atoms with van der Waals surface area (Å²) in [6, 6.07) is 0. The molecule has 0 bridgehead atoms. The van der Waals surface area contributed by atoms with Crippen molar-refractivity contribution in [2.24, 2.45) is 22.7 Å². The zero-order valence-electron chi connectivity index (χ0n) is 12.7. The fourth-order valence-corrected chi connectivity index (χ4v) is 6.03. The lowest BCUT2D eigenvalue weighted by Crippen LogP contribution is -2.43. The molecule has 3 fully saturated rings. The highest BCUT2D eigenvalue weighted by atomic mass is 14.6. The van der Waals surface area contributed by atoms with Crippen molar-refractivity contribution in [1.82, 2.24) is 0 Å². The van der Waals surface area contributed by atoms with Crippen molar-refractivity contribution in [1.29, 1.82) is 0 Å². The van der Waals surface area contributed by atoms with Crippen molar-refractivity contribution in [3.8, 4) is 0 Å². The van der Waals surface area contributed by atoms with Crippen LogP contribution in [0.3, 0.4) is 0 Å². The first kappa shape index (κ1) is 12.2. The molecule has 4 rings (SSSR count). The van der Waals surface area contributed by atoms with E-state index in [1.54, 1.807) is 5.57 Å². The van der Waals surface area contributed by atoms with Gasteiger partial charge in [-0.1, -0.05) is 50.0 Å². The van der Waals surface area contributed by atoms with E-state index in [1.165, 1.54) is 57.8 Å². The molecular weight excluding hydrogens is 228 g/mol. The average molecular weight is 256 g/mol. The minimum Gasteiger partial charge on any atom is -0.0637 e. The van der Waals surface area contributed by atoms with Crippen LogP contribution in [0.1, 0.15) is 71.6 Å². The Bertz CT molecular complexity index is 455. The van der Waals surface area contributed by atoms with Crippen LogP contribution >= 0.6 is 0 Å². The average Bonchev–Trinajstić information content (AvgIpc) is 2.79. The molecule has 19 heavy (non-hydrogen) atoms. The molecule has 0 aromatic rings. The van der Waals surface area contributed by atoms with E-state index >= 15 is 0 Å². The Hall–Kier alpha value is -0.520. The predicted octanol–water partition coefficient (Wildman–Crippen LogP) is 5.65. The van der Waals surface area contributed by atoms with Crippen LogP contribution in [0.5, 0.6) is 0 Å². The Labute approximate surface area is 118 Å². The van der Waals surface area contributed by atoms with Crippen molar-refractivity contribution in [2.75, 3.05) is 0 Å². The Morgan fingerprint density at radius 3 is 2.68 bits per heavy atom. The molecule has 0 saturated heterocycles. The summed E-state index contributed by atoms with van der Waals surface area (Å²) in [6.07, 6.45) is 18.2. The largest absolute Gasteiger partial charge is 0.0637 e. The van der Waals surface area contributed by atoms with Gasteiger partial charge in [0.05, 0.1) is 0 Å². The fraction of sp³-hybridized carbons (Fsp3) is 0.789. The lowest BCUT2D eigenvalue weighted by atomic mass is 9.51. The van der Waals surface area contributed by atoms with E-state index in [1.807, 2.05) is 5.57 Å². The molecule has 0 spiro atoms. The predicted molar refractivity (Wildman–Crippen MR) is 80.9 cm³/mol. The summed E-state index contributed by atoms with van der Waals surface area (Å²) in [6.45, 7) is 5.16. The first-order valence-electron chi connectivity index (χ1n) is 8.55. The Balaban J connectivity index is 1.76. The maximum atomic E-state index is 2.59. The number of hydrogen-bond acceptors (Lipinski definition) is 0. The van der Waals surface area contributed by atoms with Gasteiger partial charge in [0.1, 0.15) is 0 Å². The molecule has 4 aliphatic rings. The van der Waals surface area contributed by atoms with Crippen LogP contribution < -0.4 is 0 Å². The molecule has 3 saturated carbocycles. The first-order chi connectivity index (χ1) is 9.13. The Morgan fingerprint density at radius 1 is 0.895 bits per heavy atom. The van der Waals surface area contributed by atoms with Crippen molar-refractivity contribution >= 4 is 0 Å². The highest BCUT2D eigenvalue weighted by Gasteiger charge is 2.52. The van der Waals surface area contributed by atoms with Gasteiger partial charge in [-0.3, -0.25) is 0 Å². The summed E-state index contributed by atoms with van der Waals surface area (Å²) in [7, 11) is 0. The Kier molecular flexibility index (Phi) is 2.57. The molecule has 0 aromatic carbocycles. The number of fused-ring (bicyclic) bond motifs is 5. The molecule has 0 amide bonds. The third-order valence-electron chi connectivity index (χ3n) is 7.26. The van der Waals surface area contributed by atoms with E-state index in [9.17, 15) is 0 Å². The Morgan fingerprint density at radius 2 is 1.79 bits per heavy atom. The van der Waals surface area contributed by atoms with Crippen LogP contribution in [0.4, 0.5) is 0 Å². The molecule has 0 radical (unpaired) electrons. The standard InChI is InChI=1S/C19H28/c1-18-11-5-7-16(18)15-9-8-14-6-3-4-12-19(14,2)17(15)10-13-18/h8-9,16-17H,3-7,10-13H2,1-2H3/t16-,17+,18-,19-/m0/s1. The lowest BCUT2D eigenvalue weighted by molar-refractivity contribution is 0.0988. The fourth-order valence-electron chi connectivity index (χ4n) is 6.03. The third-order valence-corrected chi connectivity index (χ3v) is 7.26. The monoisotopic (exact) mass is 256 g/mol. The normalized spacial score (nSPS) is 48.7. The summed E-state index contributed by atoms with van der Waals surface area (Å²) in [5, 5.41) is 0.